The minimum absolute atomic E-state index is 0.0599. The highest BCUT2D eigenvalue weighted by Gasteiger charge is 2.42. The molecule has 13 nitrogen and oxygen atoms in total. The van der Waals surface area contributed by atoms with E-state index in [4.69, 9.17) is 14.7 Å². The van der Waals surface area contributed by atoms with Crippen molar-refractivity contribution in [1.29, 1.82) is 0 Å². The van der Waals surface area contributed by atoms with Crippen molar-refractivity contribution in [2.45, 2.75) is 83.5 Å². The Morgan fingerprint density at radius 1 is 0.914 bits per heavy atom. The number of nitrogens with one attached hydrogen (secondary N) is 2. The quantitative estimate of drug-likeness (QED) is 0.214. The molecule has 4 atom stereocenters. The van der Waals surface area contributed by atoms with Crippen LogP contribution in [-0.4, -0.2) is 90.2 Å². The van der Waals surface area contributed by atoms with Gasteiger partial charge in [0.05, 0.1) is 41.0 Å². The summed E-state index contributed by atoms with van der Waals surface area (Å²) in [7, 11) is 1.84. The number of aromatic nitrogens is 5. The summed E-state index contributed by atoms with van der Waals surface area (Å²) in [5, 5.41) is 9.72. The highest BCUT2D eigenvalue weighted by Crippen LogP contribution is 2.35. The molecule has 4 bridgehead atoms. The molecule has 58 heavy (non-hydrogen) atoms. The maximum absolute atomic E-state index is 15.2. The number of imidazole rings is 1. The van der Waals surface area contributed by atoms with Gasteiger partial charge in [0.2, 0.25) is 23.6 Å². The van der Waals surface area contributed by atoms with Crippen LogP contribution in [0.15, 0.2) is 48.7 Å². The van der Waals surface area contributed by atoms with E-state index in [1.54, 1.807) is 23.0 Å². The van der Waals surface area contributed by atoms with Crippen LogP contribution in [0.4, 0.5) is 14.7 Å². The number of carbonyl (C=O) groups is 3. The monoisotopic (exact) mass is 791 g/mol. The van der Waals surface area contributed by atoms with E-state index in [2.05, 4.69) is 49.2 Å². The van der Waals surface area contributed by atoms with Crippen LogP contribution in [-0.2, 0) is 36.1 Å². The molecule has 3 amide bonds. The standard InChI is InChI=1S/C43H47F2N9O4/c1-24-5-4-12-58-42-32(19-46-51(42)3)36-17-28(13-25(2)47-36)40(56)50-43-48-35-8-6-27(16-37(35)54(43)20-24)21-53-23-29-18-30(53)22-52(29)11-10-26-14-33(44)39(34(45)15-26)31-7-9-38(55)49-41(31)57/h6,8,13-17,19,24,29-31H,4-5,7,9-12,18,20-23H2,1-3H3,(H,48,50,56)(H,49,55,57)/t24-,29+,30+,31-/m1/s1. The molecular formula is C43H47F2N9O4. The maximum Gasteiger partial charge on any atom is 0.258 e. The average molecular weight is 792 g/mol. The van der Waals surface area contributed by atoms with Crippen LogP contribution in [0.5, 0.6) is 5.88 Å². The highest BCUT2D eigenvalue weighted by molar-refractivity contribution is 6.05. The molecule has 4 aliphatic heterocycles. The van der Waals surface area contributed by atoms with E-state index < -0.39 is 29.4 Å². The third-order valence-corrected chi connectivity index (χ3v) is 12.3. The third kappa shape index (κ3) is 7.37. The number of piperidine rings is 1. The molecule has 0 spiro atoms. The zero-order valence-corrected chi connectivity index (χ0v) is 32.9. The van der Waals surface area contributed by atoms with Crippen LogP contribution in [0.25, 0.3) is 22.3 Å². The van der Waals surface area contributed by atoms with E-state index in [-0.39, 0.29) is 30.2 Å². The van der Waals surface area contributed by atoms with Gasteiger partial charge in [0.15, 0.2) is 0 Å². The Morgan fingerprint density at radius 3 is 2.48 bits per heavy atom. The van der Waals surface area contributed by atoms with Crippen LogP contribution >= 0.6 is 0 Å². The van der Waals surface area contributed by atoms with Crippen LogP contribution < -0.4 is 15.4 Å². The van der Waals surface area contributed by atoms with Crippen LogP contribution in [0.2, 0.25) is 0 Å². The Morgan fingerprint density at radius 2 is 1.71 bits per heavy atom. The van der Waals surface area contributed by atoms with Crippen molar-refractivity contribution in [3.8, 4) is 17.1 Å². The van der Waals surface area contributed by atoms with E-state index in [0.29, 0.717) is 72.5 Å². The fourth-order valence-electron chi connectivity index (χ4n) is 9.32. The number of likely N-dealkylation sites (tertiary alicyclic amines) is 2. The molecule has 0 aliphatic carbocycles. The molecule has 2 aromatic carbocycles. The topological polar surface area (TPSA) is 140 Å². The minimum Gasteiger partial charge on any atom is -0.477 e. The number of nitrogens with zero attached hydrogens (tertiary/aromatic N) is 7. The first kappa shape index (κ1) is 38.0. The predicted molar refractivity (Wildman–Crippen MR) is 212 cm³/mol. The number of amides is 3. The van der Waals surface area contributed by atoms with Gasteiger partial charge < -0.3 is 9.30 Å². The smallest absolute Gasteiger partial charge is 0.258 e. The second-order valence-corrected chi connectivity index (χ2v) is 16.5. The van der Waals surface area contributed by atoms with Crippen molar-refractivity contribution in [2.24, 2.45) is 13.0 Å². The first-order chi connectivity index (χ1) is 28.0. The second-order valence-electron chi connectivity index (χ2n) is 16.5. The zero-order chi connectivity index (χ0) is 40.2. The summed E-state index contributed by atoms with van der Waals surface area (Å²) < 4.78 is 40.4. The lowest BCUT2D eigenvalue weighted by Gasteiger charge is -2.34. The Labute approximate surface area is 334 Å². The summed E-state index contributed by atoms with van der Waals surface area (Å²) in [6, 6.07) is 13.3. The largest absolute Gasteiger partial charge is 0.477 e. The molecule has 15 heteroatoms. The van der Waals surface area contributed by atoms with Gasteiger partial charge in [0.25, 0.3) is 5.91 Å². The van der Waals surface area contributed by atoms with E-state index in [1.807, 2.05) is 20.0 Å². The fraction of sp³-hybridized carbons (Fsp3) is 0.442. The van der Waals surface area contributed by atoms with Crippen LogP contribution in [0.3, 0.4) is 0 Å². The molecule has 0 unspecified atom stereocenters. The van der Waals surface area contributed by atoms with Crippen molar-refractivity contribution in [3.63, 3.8) is 0 Å². The van der Waals surface area contributed by atoms with Gasteiger partial charge >= 0.3 is 0 Å². The predicted octanol–water partition coefficient (Wildman–Crippen LogP) is 5.50. The second kappa shape index (κ2) is 15.3. The number of ether oxygens (including phenoxy) is 1. The SMILES string of the molecule is Cc1cc2cc(n1)-c1cnn(C)c1OCCC[C@@H](C)Cn1c(nc3ccc(CN4C[C@@H]5C[C@H]4CN5CCc4cc(F)c([C@H]5CCC(=O)NC5=O)c(F)c4)cc31)NC2=O. The average Bonchev–Trinajstić information content (AvgIpc) is 3.95. The number of hydrogen-bond donors (Lipinski definition) is 2. The summed E-state index contributed by atoms with van der Waals surface area (Å²) >= 11 is 0. The number of pyridine rings is 1. The zero-order valence-electron chi connectivity index (χ0n) is 32.9. The maximum atomic E-state index is 15.2. The molecule has 0 radical (unpaired) electrons. The normalized spacial score (nSPS) is 22.9. The fourth-order valence-corrected chi connectivity index (χ4v) is 9.32. The van der Waals surface area contributed by atoms with Gasteiger partial charge in [-0.3, -0.25) is 39.8 Å². The molecule has 4 aliphatic rings. The summed E-state index contributed by atoms with van der Waals surface area (Å²) in [6.07, 6.45) is 5.16. The van der Waals surface area contributed by atoms with E-state index >= 15 is 8.78 Å². The number of fused-ring (bicyclic) bond motifs is 9. The van der Waals surface area contributed by atoms with Gasteiger partial charge in [-0.25, -0.2) is 18.4 Å². The number of anilines is 1. The molecule has 302 valence electrons. The Bertz CT molecular complexity index is 2420. The minimum atomic E-state index is -1.00. The van der Waals surface area contributed by atoms with E-state index in [0.717, 1.165) is 55.5 Å². The van der Waals surface area contributed by atoms with Crippen molar-refractivity contribution in [2.75, 3.05) is 31.6 Å². The first-order valence-corrected chi connectivity index (χ1v) is 20.2. The Hall–Kier alpha value is -5.54. The lowest BCUT2D eigenvalue weighted by Crippen LogP contribution is -2.46. The number of piperazine rings is 1. The number of imide groups is 1. The molecule has 3 saturated heterocycles. The molecule has 3 fully saturated rings. The lowest BCUT2D eigenvalue weighted by molar-refractivity contribution is -0.134. The van der Waals surface area contributed by atoms with E-state index in [9.17, 15) is 14.4 Å². The van der Waals surface area contributed by atoms with Crippen molar-refractivity contribution >= 4 is 34.7 Å². The molecular weight excluding hydrogens is 745 g/mol. The summed E-state index contributed by atoms with van der Waals surface area (Å²) in [5.41, 5.74) is 5.79. The third-order valence-electron chi connectivity index (χ3n) is 12.3. The molecule has 7 heterocycles. The molecule has 5 aromatic rings. The van der Waals surface area contributed by atoms with Crippen LogP contribution in [0, 0.1) is 24.5 Å². The van der Waals surface area contributed by atoms with Crippen LogP contribution in [0.1, 0.15) is 77.7 Å². The van der Waals surface area contributed by atoms with Gasteiger partial charge in [0.1, 0.15) is 11.6 Å². The number of halogens is 2. The molecule has 0 saturated carbocycles. The Kier molecular flexibility index (Phi) is 10.0. The number of hydrogen-bond acceptors (Lipinski definition) is 9. The van der Waals surface area contributed by atoms with Gasteiger partial charge in [0, 0.05) is 75.1 Å². The number of aryl methyl sites for hydroxylation is 2. The highest BCUT2D eigenvalue weighted by atomic mass is 19.1. The summed E-state index contributed by atoms with van der Waals surface area (Å²) in [6.45, 7) is 8.50. The van der Waals surface area contributed by atoms with Gasteiger partial charge in [-0.05, 0) is 92.5 Å². The van der Waals surface area contributed by atoms with Crippen molar-refractivity contribution < 1.29 is 27.9 Å². The van der Waals surface area contributed by atoms with Gasteiger partial charge in [-0.2, -0.15) is 5.10 Å². The first-order valence-electron chi connectivity index (χ1n) is 20.2. The van der Waals surface area contributed by atoms with Crippen molar-refractivity contribution in [3.05, 3.63) is 88.2 Å². The molecule has 3 aromatic heterocycles. The summed E-state index contributed by atoms with van der Waals surface area (Å²) in [5.74, 6) is -2.41. The Balaban J connectivity index is 0.885. The number of benzene rings is 2. The van der Waals surface area contributed by atoms with Gasteiger partial charge in [-0.15, -0.1) is 0 Å². The van der Waals surface area contributed by atoms with Crippen molar-refractivity contribution in [1.82, 2.24) is 39.4 Å². The molecule has 9 rings (SSSR count). The lowest BCUT2D eigenvalue weighted by atomic mass is 9.89. The number of carbonyl (C=O) groups excluding carboxylic acids is 3. The number of rotatable bonds is 6. The molecule has 2 N–H and O–H groups in total. The summed E-state index contributed by atoms with van der Waals surface area (Å²) in [4.78, 5) is 52.2. The van der Waals surface area contributed by atoms with Gasteiger partial charge in [-0.1, -0.05) is 13.0 Å². The van der Waals surface area contributed by atoms with E-state index in [1.165, 1.54) is 17.7 Å².